The highest BCUT2D eigenvalue weighted by Crippen LogP contribution is 2.43. The van der Waals surface area contributed by atoms with E-state index in [1.54, 1.807) is 0 Å². The summed E-state index contributed by atoms with van der Waals surface area (Å²) >= 11 is 0. The minimum atomic E-state index is -0.345. The number of nitrogens with one attached hydrogen (secondary N) is 2. The fourth-order valence-electron chi connectivity index (χ4n) is 4.81. The van der Waals surface area contributed by atoms with Crippen LogP contribution in [-0.4, -0.2) is 31.6 Å². The number of amides is 2. The zero-order valence-corrected chi connectivity index (χ0v) is 18.9. The number of benzene rings is 2. The first-order valence-electron chi connectivity index (χ1n) is 11.5. The molecule has 2 aromatic rings. The molecule has 6 nitrogen and oxygen atoms in total. The highest BCUT2D eigenvalue weighted by molar-refractivity contribution is 5.79. The Morgan fingerprint density at radius 3 is 2.38 bits per heavy atom. The summed E-state index contributed by atoms with van der Waals surface area (Å²) in [5, 5.41) is 6.09. The summed E-state index contributed by atoms with van der Waals surface area (Å²) in [7, 11) is 0. The first kappa shape index (κ1) is 22.2. The van der Waals surface area contributed by atoms with Crippen molar-refractivity contribution in [2.45, 2.75) is 57.4 Å². The molecule has 0 radical (unpaired) electrons. The van der Waals surface area contributed by atoms with E-state index in [9.17, 15) is 9.59 Å². The van der Waals surface area contributed by atoms with Crippen molar-refractivity contribution in [1.29, 1.82) is 0 Å². The Kier molecular flexibility index (Phi) is 6.68. The summed E-state index contributed by atoms with van der Waals surface area (Å²) in [5.41, 5.74) is 3.17. The third-order valence-electron chi connectivity index (χ3n) is 6.59. The molecule has 1 saturated carbocycles. The average Bonchev–Trinajstić information content (AvgIpc) is 3.27. The summed E-state index contributed by atoms with van der Waals surface area (Å²) in [6.07, 6.45) is 4.55. The molecular formula is C26H32N2O4. The van der Waals surface area contributed by atoms with Crippen molar-refractivity contribution in [3.8, 4) is 11.5 Å². The summed E-state index contributed by atoms with van der Waals surface area (Å²) in [6, 6.07) is 13.8. The molecule has 6 heteroatoms. The van der Waals surface area contributed by atoms with E-state index < -0.39 is 0 Å². The van der Waals surface area contributed by atoms with Gasteiger partial charge in [0.15, 0.2) is 11.5 Å². The molecule has 0 saturated heterocycles. The van der Waals surface area contributed by atoms with Crippen molar-refractivity contribution >= 4 is 11.8 Å². The van der Waals surface area contributed by atoms with Crippen LogP contribution < -0.4 is 20.1 Å². The van der Waals surface area contributed by atoms with Gasteiger partial charge in [-0.25, -0.2) is 0 Å². The predicted octanol–water partition coefficient (Wildman–Crippen LogP) is 3.96. The van der Waals surface area contributed by atoms with E-state index in [1.807, 2.05) is 37.3 Å². The number of carbonyl (C=O) groups excluding carboxylic acids is 2. The lowest BCUT2D eigenvalue weighted by Gasteiger charge is -2.31. The first-order valence-corrected chi connectivity index (χ1v) is 11.5. The van der Waals surface area contributed by atoms with Crippen LogP contribution in [0.4, 0.5) is 0 Å². The van der Waals surface area contributed by atoms with Gasteiger partial charge in [-0.3, -0.25) is 9.59 Å². The minimum Gasteiger partial charge on any atom is -0.486 e. The Balaban J connectivity index is 1.45. The van der Waals surface area contributed by atoms with Crippen molar-refractivity contribution in [2.75, 3.05) is 19.8 Å². The van der Waals surface area contributed by atoms with Crippen LogP contribution in [0.15, 0.2) is 42.5 Å². The van der Waals surface area contributed by atoms with E-state index in [4.69, 9.17) is 9.47 Å². The molecule has 0 spiro atoms. The van der Waals surface area contributed by atoms with Crippen LogP contribution in [0.5, 0.6) is 11.5 Å². The second-order valence-electron chi connectivity index (χ2n) is 8.99. The molecule has 1 unspecified atom stereocenters. The van der Waals surface area contributed by atoms with Gasteiger partial charge in [-0.05, 0) is 43.0 Å². The molecule has 4 rings (SSSR count). The predicted molar refractivity (Wildman–Crippen MR) is 123 cm³/mol. The van der Waals surface area contributed by atoms with Gasteiger partial charge in [-0.15, -0.1) is 0 Å². The topological polar surface area (TPSA) is 76.7 Å². The van der Waals surface area contributed by atoms with Crippen molar-refractivity contribution in [2.24, 2.45) is 0 Å². The molecule has 2 amide bonds. The lowest BCUT2D eigenvalue weighted by molar-refractivity contribution is -0.123. The monoisotopic (exact) mass is 436 g/mol. The minimum absolute atomic E-state index is 0.0619. The van der Waals surface area contributed by atoms with Gasteiger partial charge in [0, 0.05) is 18.9 Å². The van der Waals surface area contributed by atoms with Gasteiger partial charge in [0.1, 0.15) is 13.2 Å². The highest BCUT2D eigenvalue weighted by atomic mass is 16.6. The van der Waals surface area contributed by atoms with E-state index in [0.717, 1.165) is 48.3 Å². The third-order valence-corrected chi connectivity index (χ3v) is 6.59. The maximum absolute atomic E-state index is 12.9. The molecule has 170 valence electrons. The summed E-state index contributed by atoms with van der Waals surface area (Å²) in [6.45, 7) is 5.21. The number of aryl methyl sites for hydroxylation is 1. The number of hydrogen-bond acceptors (Lipinski definition) is 4. The van der Waals surface area contributed by atoms with E-state index in [2.05, 4.69) is 22.8 Å². The van der Waals surface area contributed by atoms with Crippen molar-refractivity contribution in [3.05, 3.63) is 59.2 Å². The third kappa shape index (κ3) is 5.06. The Hall–Kier alpha value is -3.02. The van der Waals surface area contributed by atoms with Crippen LogP contribution >= 0.6 is 0 Å². The van der Waals surface area contributed by atoms with E-state index >= 15 is 0 Å². The highest BCUT2D eigenvalue weighted by Gasteiger charge is 2.37. The zero-order chi connectivity index (χ0) is 22.6. The number of hydrogen-bond donors (Lipinski definition) is 2. The Labute approximate surface area is 189 Å². The van der Waals surface area contributed by atoms with Gasteiger partial charge in [0.25, 0.3) is 0 Å². The Bertz CT molecular complexity index is 964. The normalized spacial score (nSPS) is 17.4. The van der Waals surface area contributed by atoms with Crippen LogP contribution in [0.25, 0.3) is 0 Å². The van der Waals surface area contributed by atoms with Gasteiger partial charge in [0.05, 0.1) is 12.5 Å². The van der Waals surface area contributed by atoms with Gasteiger partial charge >= 0.3 is 0 Å². The standard InChI is InChI=1S/C26H32N2O4/c1-18-5-7-20(8-6-18)22(28-19(2)29)16-25(30)27-17-26(11-3-4-12-26)21-9-10-23-24(15-21)32-14-13-31-23/h5-10,15,22H,3-4,11-14,16-17H2,1-2H3,(H,27,30)(H,28,29). The van der Waals surface area contributed by atoms with Crippen LogP contribution in [0.2, 0.25) is 0 Å². The number of fused-ring (bicyclic) bond motifs is 1. The molecular weight excluding hydrogens is 404 g/mol. The van der Waals surface area contributed by atoms with Gasteiger partial charge in [-0.1, -0.05) is 48.7 Å². The van der Waals surface area contributed by atoms with Crippen LogP contribution in [0, 0.1) is 6.92 Å². The molecule has 1 heterocycles. The van der Waals surface area contributed by atoms with Crippen LogP contribution in [-0.2, 0) is 15.0 Å². The molecule has 1 fully saturated rings. The molecule has 2 aromatic carbocycles. The second-order valence-corrected chi connectivity index (χ2v) is 8.99. The molecule has 32 heavy (non-hydrogen) atoms. The SMILES string of the molecule is CC(=O)NC(CC(=O)NCC1(c2ccc3c(c2)OCCO3)CCCC1)c1ccc(C)cc1. The van der Waals surface area contributed by atoms with Crippen molar-refractivity contribution in [1.82, 2.24) is 10.6 Å². The molecule has 1 aliphatic heterocycles. The summed E-state index contributed by atoms with van der Waals surface area (Å²) in [4.78, 5) is 24.7. The van der Waals surface area contributed by atoms with Crippen molar-refractivity contribution in [3.63, 3.8) is 0 Å². The fraction of sp³-hybridized carbons (Fsp3) is 0.462. The maximum Gasteiger partial charge on any atom is 0.222 e. The lowest BCUT2D eigenvalue weighted by atomic mass is 9.78. The van der Waals surface area contributed by atoms with Crippen LogP contribution in [0.1, 0.15) is 61.8 Å². The summed E-state index contributed by atoms with van der Waals surface area (Å²) < 4.78 is 11.5. The largest absolute Gasteiger partial charge is 0.486 e. The number of rotatable bonds is 7. The van der Waals surface area contributed by atoms with Gasteiger partial charge < -0.3 is 20.1 Å². The molecule has 2 aliphatic rings. The number of carbonyl (C=O) groups is 2. The molecule has 2 N–H and O–H groups in total. The average molecular weight is 437 g/mol. The second kappa shape index (κ2) is 9.63. The fourth-order valence-corrected chi connectivity index (χ4v) is 4.81. The maximum atomic E-state index is 12.9. The van der Waals surface area contributed by atoms with Gasteiger partial charge in [-0.2, -0.15) is 0 Å². The van der Waals surface area contributed by atoms with Crippen LogP contribution in [0.3, 0.4) is 0 Å². The summed E-state index contributed by atoms with van der Waals surface area (Å²) in [5.74, 6) is 1.37. The molecule has 0 aromatic heterocycles. The molecule has 1 aliphatic carbocycles. The van der Waals surface area contributed by atoms with E-state index in [-0.39, 0.29) is 29.7 Å². The quantitative estimate of drug-likeness (QED) is 0.689. The first-order chi connectivity index (χ1) is 15.4. The Morgan fingerprint density at radius 2 is 1.69 bits per heavy atom. The Morgan fingerprint density at radius 1 is 1.00 bits per heavy atom. The lowest BCUT2D eigenvalue weighted by Crippen LogP contribution is -2.40. The van der Waals surface area contributed by atoms with Crippen molar-refractivity contribution < 1.29 is 19.1 Å². The molecule has 0 bridgehead atoms. The smallest absolute Gasteiger partial charge is 0.222 e. The molecule has 1 atom stereocenters. The zero-order valence-electron chi connectivity index (χ0n) is 18.9. The number of ether oxygens (including phenoxy) is 2. The van der Waals surface area contributed by atoms with Gasteiger partial charge in [0.2, 0.25) is 11.8 Å². The van der Waals surface area contributed by atoms with E-state index in [1.165, 1.54) is 12.5 Å². The van der Waals surface area contributed by atoms with E-state index in [0.29, 0.717) is 19.8 Å².